The van der Waals surface area contributed by atoms with Crippen molar-refractivity contribution in [2.75, 3.05) is 20.3 Å². The number of rotatable bonds is 8. The fourth-order valence-electron chi connectivity index (χ4n) is 2.95. The van der Waals surface area contributed by atoms with E-state index in [2.05, 4.69) is 40.3 Å². The average Bonchev–Trinajstić information content (AvgIpc) is 3.00. The number of halogens is 1. The van der Waals surface area contributed by atoms with Crippen molar-refractivity contribution in [2.24, 2.45) is 0 Å². The van der Waals surface area contributed by atoms with E-state index >= 15 is 0 Å². The van der Waals surface area contributed by atoms with Crippen molar-refractivity contribution in [1.29, 1.82) is 0 Å². The standard InChI is InChI=1S/C17H26BrNO2/c1-3-19-17(8-4-6-13-7-5-11-21-13)15-12-14(20-2)9-10-16(15)18/h9-10,12-13,17,19H,3-8,11H2,1-2H3. The van der Waals surface area contributed by atoms with Crippen molar-refractivity contribution >= 4 is 15.9 Å². The fourth-order valence-corrected chi connectivity index (χ4v) is 3.47. The van der Waals surface area contributed by atoms with Crippen molar-refractivity contribution in [3.63, 3.8) is 0 Å². The Labute approximate surface area is 136 Å². The Bertz CT molecular complexity index is 433. The first kappa shape index (κ1) is 16.8. The van der Waals surface area contributed by atoms with E-state index in [9.17, 15) is 0 Å². The largest absolute Gasteiger partial charge is 0.497 e. The van der Waals surface area contributed by atoms with Gasteiger partial charge in [0.05, 0.1) is 13.2 Å². The number of nitrogens with one attached hydrogen (secondary N) is 1. The zero-order chi connectivity index (χ0) is 15.1. The molecule has 3 nitrogen and oxygen atoms in total. The van der Waals surface area contributed by atoms with Gasteiger partial charge in [-0.15, -0.1) is 0 Å². The van der Waals surface area contributed by atoms with Gasteiger partial charge in [-0.2, -0.15) is 0 Å². The summed E-state index contributed by atoms with van der Waals surface area (Å²) < 4.78 is 12.2. The number of hydrogen-bond donors (Lipinski definition) is 1. The van der Waals surface area contributed by atoms with Crippen LogP contribution >= 0.6 is 15.9 Å². The van der Waals surface area contributed by atoms with Crippen LogP contribution in [0.1, 0.15) is 50.6 Å². The van der Waals surface area contributed by atoms with Crippen LogP contribution in [0.5, 0.6) is 5.75 Å². The van der Waals surface area contributed by atoms with Crippen molar-refractivity contribution in [3.8, 4) is 5.75 Å². The van der Waals surface area contributed by atoms with Crippen LogP contribution in [-0.2, 0) is 4.74 Å². The molecule has 0 aromatic heterocycles. The third-order valence-electron chi connectivity index (χ3n) is 4.07. The maximum atomic E-state index is 5.71. The topological polar surface area (TPSA) is 30.5 Å². The van der Waals surface area contributed by atoms with Gasteiger partial charge in [0, 0.05) is 17.1 Å². The van der Waals surface area contributed by atoms with Crippen LogP contribution in [-0.4, -0.2) is 26.4 Å². The molecule has 4 heteroatoms. The van der Waals surface area contributed by atoms with Crippen molar-refractivity contribution in [2.45, 2.75) is 51.2 Å². The second kappa shape index (κ2) is 8.76. The molecule has 0 amide bonds. The highest BCUT2D eigenvalue weighted by atomic mass is 79.9. The van der Waals surface area contributed by atoms with E-state index in [1.54, 1.807) is 7.11 Å². The molecular weight excluding hydrogens is 330 g/mol. The van der Waals surface area contributed by atoms with Crippen molar-refractivity contribution in [1.82, 2.24) is 5.32 Å². The van der Waals surface area contributed by atoms with Gasteiger partial charge in [-0.05, 0) is 62.4 Å². The molecule has 1 fully saturated rings. The van der Waals surface area contributed by atoms with Crippen LogP contribution in [0, 0.1) is 0 Å². The smallest absolute Gasteiger partial charge is 0.119 e. The maximum Gasteiger partial charge on any atom is 0.119 e. The van der Waals surface area contributed by atoms with Crippen LogP contribution in [0.25, 0.3) is 0 Å². The van der Waals surface area contributed by atoms with E-state index in [0.29, 0.717) is 12.1 Å². The molecule has 1 heterocycles. The minimum Gasteiger partial charge on any atom is -0.497 e. The van der Waals surface area contributed by atoms with Crippen LogP contribution < -0.4 is 10.1 Å². The summed E-state index contributed by atoms with van der Waals surface area (Å²) in [6, 6.07) is 6.55. The average molecular weight is 356 g/mol. The highest BCUT2D eigenvalue weighted by Gasteiger charge is 2.18. The summed E-state index contributed by atoms with van der Waals surface area (Å²) in [6.45, 7) is 4.07. The first-order valence-electron chi connectivity index (χ1n) is 7.93. The molecule has 118 valence electrons. The molecule has 1 aliphatic rings. The van der Waals surface area contributed by atoms with Gasteiger partial charge in [0.25, 0.3) is 0 Å². The highest BCUT2D eigenvalue weighted by molar-refractivity contribution is 9.10. The summed E-state index contributed by atoms with van der Waals surface area (Å²) >= 11 is 3.67. The van der Waals surface area contributed by atoms with Gasteiger partial charge in [0.15, 0.2) is 0 Å². The Morgan fingerprint density at radius 2 is 2.33 bits per heavy atom. The van der Waals surface area contributed by atoms with E-state index in [4.69, 9.17) is 9.47 Å². The lowest BCUT2D eigenvalue weighted by Gasteiger charge is -2.21. The predicted molar refractivity (Wildman–Crippen MR) is 89.9 cm³/mol. The van der Waals surface area contributed by atoms with Gasteiger partial charge in [-0.3, -0.25) is 0 Å². The zero-order valence-corrected chi connectivity index (χ0v) is 14.6. The van der Waals surface area contributed by atoms with Crippen molar-refractivity contribution in [3.05, 3.63) is 28.2 Å². The van der Waals surface area contributed by atoms with Gasteiger partial charge in [-0.25, -0.2) is 0 Å². The molecule has 0 saturated carbocycles. The van der Waals surface area contributed by atoms with E-state index in [1.165, 1.54) is 31.2 Å². The van der Waals surface area contributed by atoms with Gasteiger partial charge in [0.1, 0.15) is 5.75 Å². The summed E-state index contributed by atoms with van der Waals surface area (Å²) in [6.07, 6.45) is 6.42. The van der Waals surface area contributed by atoms with Crippen LogP contribution in [0.4, 0.5) is 0 Å². The van der Waals surface area contributed by atoms with Gasteiger partial charge in [0.2, 0.25) is 0 Å². The van der Waals surface area contributed by atoms with E-state index < -0.39 is 0 Å². The summed E-state index contributed by atoms with van der Waals surface area (Å²) in [5.41, 5.74) is 1.28. The first-order chi connectivity index (χ1) is 10.2. The lowest BCUT2D eigenvalue weighted by atomic mass is 9.99. The summed E-state index contributed by atoms with van der Waals surface area (Å²) in [5, 5.41) is 3.59. The van der Waals surface area contributed by atoms with Crippen LogP contribution in [0.3, 0.4) is 0 Å². The lowest BCUT2D eigenvalue weighted by Crippen LogP contribution is -2.21. The fraction of sp³-hybridized carbons (Fsp3) is 0.647. The Kier molecular flexibility index (Phi) is 7.00. The Balaban J connectivity index is 1.96. The molecule has 1 aliphatic heterocycles. The molecule has 2 atom stereocenters. The van der Waals surface area contributed by atoms with Gasteiger partial charge in [-0.1, -0.05) is 22.9 Å². The third-order valence-corrected chi connectivity index (χ3v) is 4.79. The number of ether oxygens (including phenoxy) is 2. The maximum absolute atomic E-state index is 5.71. The second-order valence-corrected chi connectivity index (χ2v) is 6.42. The van der Waals surface area contributed by atoms with Crippen molar-refractivity contribution < 1.29 is 9.47 Å². The molecule has 0 bridgehead atoms. The molecule has 0 radical (unpaired) electrons. The number of benzene rings is 1. The quantitative estimate of drug-likeness (QED) is 0.746. The van der Waals surface area contributed by atoms with E-state index in [0.717, 1.165) is 29.8 Å². The molecule has 1 aromatic carbocycles. The number of methoxy groups -OCH3 is 1. The first-order valence-corrected chi connectivity index (χ1v) is 8.72. The van der Waals surface area contributed by atoms with Crippen LogP contribution in [0.15, 0.2) is 22.7 Å². The molecular formula is C17H26BrNO2. The molecule has 1 saturated heterocycles. The van der Waals surface area contributed by atoms with E-state index in [-0.39, 0.29) is 0 Å². The molecule has 2 unspecified atom stereocenters. The normalized spacial score (nSPS) is 19.7. The molecule has 0 spiro atoms. The molecule has 21 heavy (non-hydrogen) atoms. The zero-order valence-electron chi connectivity index (χ0n) is 13.0. The molecule has 1 aromatic rings. The summed E-state index contributed by atoms with van der Waals surface area (Å²) in [7, 11) is 1.71. The molecule has 0 aliphatic carbocycles. The third kappa shape index (κ3) is 4.97. The van der Waals surface area contributed by atoms with Gasteiger partial charge < -0.3 is 14.8 Å². The minimum absolute atomic E-state index is 0.362. The van der Waals surface area contributed by atoms with E-state index in [1.807, 2.05) is 6.07 Å². The Hall–Kier alpha value is -0.580. The highest BCUT2D eigenvalue weighted by Crippen LogP contribution is 2.31. The Morgan fingerprint density at radius 1 is 1.48 bits per heavy atom. The Morgan fingerprint density at radius 3 is 3.00 bits per heavy atom. The molecule has 1 N–H and O–H groups in total. The number of hydrogen-bond acceptors (Lipinski definition) is 3. The van der Waals surface area contributed by atoms with Gasteiger partial charge >= 0.3 is 0 Å². The SMILES string of the molecule is CCNC(CCCC1CCCO1)c1cc(OC)ccc1Br. The predicted octanol–water partition coefficient (Wildman–Crippen LogP) is 4.46. The summed E-state index contributed by atoms with van der Waals surface area (Å²) in [5.74, 6) is 0.912. The van der Waals surface area contributed by atoms with Crippen LogP contribution in [0.2, 0.25) is 0 Å². The molecule has 2 rings (SSSR count). The monoisotopic (exact) mass is 355 g/mol. The lowest BCUT2D eigenvalue weighted by molar-refractivity contribution is 0.101. The minimum atomic E-state index is 0.362. The summed E-state index contributed by atoms with van der Waals surface area (Å²) in [4.78, 5) is 0. The second-order valence-electron chi connectivity index (χ2n) is 5.56.